The maximum absolute atomic E-state index is 5.90. The number of furan rings is 1. The third-order valence-electron chi connectivity index (χ3n) is 4.90. The molecule has 1 aliphatic heterocycles. The van der Waals surface area contributed by atoms with Crippen molar-refractivity contribution < 1.29 is 9.15 Å². The van der Waals surface area contributed by atoms with Gasteiger partial charge in [0.2, 0.25) is 0 Å². The van der Waals surface area contributed by atoms with Crippen LogP contribution in [0.1, 0.15) is 56.4 Å². The van der Waals surface area contributed by atoms with Crippen LogP contribution in [0.3, 0.4) is 0 Å². The third-order valence-corrected chi connectivity index (χ3v) is 4.90. The van der Waals surface area contributed by atoms with E-state index in [1.54, 1.807) is 0 Å². The molecule has 1 saturated heterocycles. The minimum absolute atomic E-state index is 0.537. The van der Waals surface area contributed by atoms with Crippen LogP contribution in [-0.4, -0.2) is 12.7 Å². The average Bonchev–Trinajstić information content (AvgIpc) is 3.24. The molecule has 0 saturated carbocycles. The third kappa shape index (κ3) is 3.92. The van der Waals surface area contributed by atoms with E-state index in [1.165, 1.54) is 42.2 Å². The zero-order valence-electron chi connectivity index (χ0n) is 14.2. The summed E-state index contributed by atoms with van der Waals surface area (Å²) >= 11 is 0. The van der Waals surface area contributed by atoms with Crippen LogP contribution in [0.25, 0.3) is 11.0 Å². The Labute approximate surface area is 133 Å². The molecule has 2 atom stereocenters. The lowest BCUT2D eigenvalue weighted by molar-refractivity contribution is 0.392. The SMILES string of the molecule is CCC(C)CCc1cc(CCCC2CO2)c2cc(C)oc2c1. The molecule has 1 aromatic heterocycles. The highest BCUT2D eigenvalue weighted by Crippen LogP contribution is 2.28. The van der Waals surface area contributed by atoms with E-state index in [1.807, 2.05) is 6.92 Å². The molecule has 2 heteroatoms. The van der Waals surface area contributed by atoms with Gasteiger partial charge in [-0.1, -0.05) is 26.3 Å². The number of epoxide rings is 1. The molecule has 0 aliphatic carbocycles. The second-order valence-corrected chi connectivity index (χ2v) is 6.92. The molecule has 0 spiro atoms. The topological polar surface area (TPSA) is 25.7 Å². The Morgan fingerprint density at radius 3 is 2.77 bits per heavy atom. The zero-order valence-corrected chi connectivity index (χ0v) is 14.2. The van der Waals surface area contributed by atoms with Gasteiger partial charge in [0.15, 0.2) is 0 Å². The lowest BCUT2D eigenvalue weighted by Gasteiger charge is -2.10. The van der Waals surface area contributed by atoms with Gasteiger partial charge in [0.25, 0.3) is 0 Å². The first-order chi connectivity index (χ1) is 10.7. The summed E-state index contributed by atoms with van der Waals surface area (Å²) in [5.74, 6) is 1.81. The van der Waals surface area contributed by atoms with Gasteiger partial charge in [-0.15, -0.1) is 0 Å². The van der Waals surface area contributed by atoms with Crippen LogP contribution < -0.4 is 0 Å². The second kappa shape index (κ2) is 6.87. The largest absolute Gasteiger partial charge is 0.461 e. The van der Waals surface area contributed by atoms with E-state index in [4.69, 9.17) is 9.15 Å². The van der Waals surface area contributed by atoms with Crippen LogP contribution in [0.15, 0.2) is 22.6 Å². The fraction of sp³-hybridized carbons (Fsp3) is 0.600. The molecule has 2 heterocycles. The maximum Gasteiger partial charge on any atom is 0.134 e. The summed E-state index contributed by atoms with van der Waals surface area (Å²) in [6, 6.07) is 6.85. The Hall–Kier alpha value is -1.28. The fourth-order valence-electron chi connectivity index (χ4n) is 3.13. The van der Waals surface area contributed by atoms with Crippen LogP contribution in [0.4, 0.5) is 0 Å². The van der Waals surface area contributed by atoms with E-state index in [0.717, 1.165) is 36.7 Å². The highest BCUT2D eigenvalue weighted by Gasteiger charge is 2.21. The average molecular weight is 300 g/mol. The minimum Gasteiger partial charge on any atom is -0.461 e. The first kappa shape index (κ1) is 15.6. The summed E-state index contributed by atoms with van der Waals surface area (Å²) in [5, 5.41) is 1.31. The van der Waals surface area contributed by atoms with E-state index in [0.29, 0.717) is 6.10 Å². The molecule has 0 N–H and O–H groups in total. The molecule has 22 heavy (non-hydrogen) atoms. The lowest BCUT2D eigenvalue weighted by atomic mass is 9.95. The van der Waals surface area contributed by atoms with Crippen LogP contribution in [0, 0.1) is 12.8 Å². The summed E-state index contributed by atoms with van der Waals surface area (Å²) in [6.45, 7) is 7.62. The van der Waals surface area contributed by atoms with E-state index < -0.39 is 0 Å². The number of aryl methyl sites for hydroxylation is 3. The quantitative estimate of drug-likeness (QED) is 0.606. The normalized spacial score (nSPS) is 18.8. The molecule has 1 aliphatic rings. The van der Waals surface area contributed by atoms with Crippen molar-refractivity contribution in [3.63, 3.8) is 0 Å². The molecule has 0 bridgehead atoms. The summed E-state index contributed by atoms with van der Waals surface area (Å²) in [4.78, 5) is 0. The Morgan fingerprint density at radius 2 is 2.05 bits per heavy atom. The first-order valence-electron chi connectivity index (χ1n) is 8.79. The Bertz CT molecular complexity index is 622. The Kier molecular flexibility index (Phi) is 4.87. The predicted molar refractivity (Wildman–Crippen MR) is 91.4 cm³/mol. The molecule has 2 nitrogen and oxygen atoms in total. The predicted octanol–water partition coefficient (Wildman–Crippen LogP) is 5.44. The standard InChI is InChI=1S/C20H28O2/c1-4-14(2)8-9-16-11-17(6-5-7-18-13-21-18)19-10-15(3)22-20(19)12-16/h10-12,14,18H,4-9,13H2,1-3H3. The molecular formula is C20H28O2. The van der Waals surface area contributed by atoms with Crippen molar-refractivity contribution in [2.75, 3.05) is 6.61 Å². The van der Waals surface area contributed by atoms with Gasteiger partial charge < -0.3 is 9.15 Å². The Morgan fingerprint density at radius 1 is 1.23 bits per heavy atom. The molecule has 0 amide bonds. The van der Waals surface area contributed by atoms with E-state index >= 15 is 0 Å². The van der Waals surface area contributed by atoms with Crippen molar-refractivity contribution in [1.82, 2.24) is 0 Å². The first-order valence-corrected chi connectivity index (χ1v) is 8.79. The van der Waals surface area contributed by atoms with E-state index in [9.17, 15) is 0 Å². The van der Waals surface area contributed by atoms with Crippen molar-refractivity contribution in [2.45, 2.75) is 65.4 Å². The number of fused-ring (bicyclic) bond motifs is 1. The summed E-state index contributed by atoms with van der Waals surface area (Å²) in [5.41, 5.74) is 3.95. The molecular weight excluding hydrogens is 272 g/mol. The minimum atomic E-state index is 0.537. The van der Waals surface area contributed by atoms with Gasteiger partial charge in [0, 0.05) is 5.39 Å². The summed E-state index contributed by atoms with van der Waals surface area (Å²) in [7, 11) is 0. The molecule has 120 valence electrons. The van der Waals surface area contributed by atoms with E-state index in [-0.39, 0.29) is 0 Å². The number of hydrogen-bond acceptors (Lipinski definition) is 2. The summed E-state index contributed by atoms with van der Waals surface area (Å²) in [6.07, 6.45) is 7.74. The zero-order chi connectivity index (χ0) is 15.5. The van der Waals surface area contributed by atoms with Crippen molar-refractivity contribution in [1.29, 1.82) is 0 Å². The molecule has 2 aromatic rings. The van der Waals surface area contributed by atoms with Crippen molar-refractivity contribution in [3.8, 4) is 0 Å². The van der Waals surface area contributed by atoms with Crippen LogP contribution in [0.5, 0.6) is 0 Å². The number of ether oxygens (including phenoxy) is 1. The number of rotatable bonds is 8. The van der Waals surface area contributed by atoms with Crippen LogP contribution in [0.2, 0.25) is 0 Å². The fourth-order valence-corrected chi connectivity index (χ4v) is 3.13. The molecule has 3 rings (SSSR count). The van der Waals surface area contributed by atoms with Crippen LogP contribution >= 0.6 is 0 Å². The maximum atomic E-state index is 5.90. The van der Waals surface area contributed by atoms with E-state index in [2.05, 4.69) is 32.0 Å². The van der Waals surface area contributed by atoms with Gasteiger partial charge in [0.05, 0.1) is 12.7 Å². The molecule has 2 unspecified atom stereocenters. The number of hydrogen-bond donors (Lipinski definition) is 0. The van der Waals surface area contributed by atoms with Crippen molar-refractivity contribution in [2.24, 2.45) is 5.92 Å². The molecule has 1 aromatic carbocycles. The van der Waals surface area contributed by atoms with Gasteiger partial charge >= 0.3 is 0 Å². The smallest absolute Gasteiger partial charge is 0.134 e. The van der Waals surface area contributed by atoms with Gasteiger partial charge in [-0.3, -0.25) is 0 Å². The van der Waals surface area contributed by atoms with Gasteiger partial charge in [0.1, 0.15) is 11.3 Å². The number of benzene rings is 1. The highest BCUT2D eigenvalue weighted by atomic mass is 16.6. The van der Waals surface area contributed by atoms with Crippen molar-refractivity contribution in [3.05, 3.63) is 35.1 Å². The highest BCUT2D eigenvalue weighted by molar-refractivity contribution is 5.82. The monoisotopic (exact) mass is 300 g/mol. The van der Waals surface area contributed by atoms with Crippen molar-refractivity contribution >= 4 is 11.0 Å². The Balaban J connectivity index is 1.76. The van der Waals surface area contributed by atoms with Gasteiger partial charge in [-0.05, 0) is 68.2 Å². The van der Waals surface area contributed by atoms with Gasteiger partial charge in [-0.2, -0.15) is 0 Å². The lowest BCUT2D eigenvalue weighted by Crippen LogP contribution is -1.97. The van der Waals surface area contributed by atoms with Crippen LogP contribution in [-0.2, 0) is 17.6 Å². The van der Waals surface area contributed by atoms with Gasteiger partial charge in [-0.25, -0.2) is 0 Å². The molecule has 0 radical (unpaired) electrons. The second-order valence-electron chi connectivity index (χ2n) is 6.92. The molecule has 1 fully saturated rings. The summed E-state index contributed by atoms with van der Waals surface area (Å²) < 4.78 is 11.2.